The van der Waals surface area contributed by atoms with Crippen molar-refractivity contribution in [2.24, 2.45) is 5.92 Å². The van der Waals surface area contributed by atoms with Crippen LogP contribution < -0.4 is 0 Å². The average Bonchev–Trinajstić information content (AvgIpc) is 3.00. The standard InChI is InChI=1S/C19H25N3O/c1-15(2)22-14-18(11-20-22)19(23)21(13-17-9-6-10-17)12-16-7-4-3-5-8-16/h3-5,7-8,11,14-15,17H,6,9-10,12-13H2,1-2H3. The first-order valence-electron chi connectivity index (χ1n) is 8.51. The van der Waals surface area contributed by atoms with Gasteiger partial charge in [0, 0.05) is 25.3 Å². The molecule has 0 bridgehead atoms. The molecule has 1 fully saturated rings. The SMILES string of the molecule is CC(C)n1cc(C(=O)N(Cc2ccccc2)CC2CCC2)cn1. The summed E-state index contributed by atoms with van der Waals surface area (Å²) >= 11 is 0. The highest BCUT2D eigenvalue weighted by molar-refractivity contribution is 5.93. The summed E-state index contributed by atoms with van der Waals surface area (Å²) in [6, 6.07) is 10.5. The van der Waals surface area contributed by atoms with Crippen LogP contribution in [0.2, 0.25) is 0 Å². The van der Waals surface area contributed by atoms with Gasteiger partial charge in [-0.15, -0.1) is 0 Å². The maximum absolute atomic E-state index is 12.9. The Hall–Kier alpha value is -2.10. The van der Waals surface area contributed by atoms with E-state index in [0.29, 0.717) is 18.0 Å². The Kier molecular flexibility index (Phi) is 4.79. The minimum atomic E-state index is 0.0904. The molecule has 0 unspecified atom stereocenters. The molecule has 1 aliphatic carbocycles. The highest BCUT2D eigenvalue weighted by Crippen LogP contribution is 2.28. The average molecular weight is 311 g/mol. The van der Waals surface area contributed by atoms with E-state index in [1.165, 1.54) is 24.8 Å². The second kappa shape index (κ2) is 6.99. The minimum Gasteiger partial charge on any atom is -0.334 e. The van der Waals surface area contributed by atoms with Crippen LogP contribution in [0.1, 0.15) is 55.1 Å². The fourth-order valence-corrected chi connectivity index (χ4v) is 2.92. The van der Waals surface area contributed by atoms with Crippen molar-refractivity contribution in [2.75, 3.05) is 6.54 Å². The van der Waals surface area contributed by atoms with Crippen LogP contribution in [0, 0.1) is 5.92 Å². The number of amides is 1. The van der Waals surface area contributed by atoms with Crippen molar-refractivity contribution < 1.29 is 4.79 Å². The lowest BCUT2D eigenvalue weighted by molar-refractivity contribution is 0.0679. The monoisotopic (exact) mass is 311 g/mol. The van der Waals surface area contributed by atoms with E-state index in [2.05, 4.69) is 31.1 Å². The molecule has 4 heteroatoms. The highest BCUT2D eigenvalue weighted by atomic mass is 16.2. The largest absolute Gasteiger partial charge is 0.334 e. The van der Waals surface area contributed by atoms with Gasteiger partial charge in [-0.25, -0.2) is 0 Å². The van der Waals surface area contributed by atoms with Crippen molar-refractivity contribution in [3.8, 4) is 0 Å². The van der Waals surface area contributed by atoms with Gasteiger partial charge in [-0.1, -0.05) is 36.8 Å². The van der Waals surface area contributed by atoms with Crippen LogP contribution in [0.25, 0.3) is 0 Å². The highest BCUT2D eigenvalue weighted by Gasteiger charge is 2.25. The van der Waals surface area contributed by atoms with E-state index >= 15 is 0 Å². The fraction of sp³-hybridized carbons (Fsp3) is 0.474. The molecule has 3 rings (SSSR count). The summed E-state index contributed by atoms with van der Waals surface area (Å²) in [6.45, 7) is 5.65. The molecule has 0 radical (unpaired) electrons. The maximum Gasteiger partial charge on any atom is 0.257 e. The van der Waals surface area contributed by atoms with E-state index in [0.717, 1.165) is 6.54 Å². The quantitative estimate of drug-likeness (QED) is 0.811. The number of benzene rings is 1. The summed E-state index contributed by atoms with van der Waals surface area (Å²) in [4.78, 5) is 14.9. The third kappa shape index (κ3) is 3.81. The van der Waals surface area contributed by atoms with Crippen molar-refractivity contribution in [2.45, 2.75) is 45.7 Å². The Morgan fingerprint density at radius 1 is 1.30 bits per heavy atom. The topological polar surface area (TPSA) is 38.1 Å². The molecule has 1 amide bonds. The molecule has 1 aliphatic rings. The van der Waals surface area contributed by atoms with Gasteiger partial charge < -0.3 is 4.90 Å². The summed E-state index contributed by atoms with van der Waals surface area (Å²) in [5.74, 6) is 0.746. The molecular weight excluding hydrogens is 286 g/mol. The molecule has 2 aromatic rings. The first kappa shape index (κ1) is 15.8. The third-order valence-electron chi connectivity index (χ3n) is 4.58. The smallest absolute Gasteiger partial charge is 0.257 e. The molecule has 1 saturated carbocycles. The van der Waals surface area contributed by atoms with E-state index in [-0.39, 0.29) is 11.9 Å². The summed E-state index contributed by atoms with van der Waals surface area (Å²) in [5, 5.41) is 4.31. The predicted molar refractivity (Wildman–Crippen MR) is 91.1 cm³/mol. The van der Waals surface area contributed by atoms with Crippen molar-refractivity contribution in [3.63, 3.8) is 0 Å². The van der Waals surface area contributed by atoms with E-state index in [9.17, 15) is 4.79 Å². The molecule has 0 atom stereocenters. The summed E-state index contributed by atoms with van der Waals surface area (Å²) in [7, 11) is 0. The van der Waals surface area contributed by atoms with Crippen LogP contribution >= 0.6 is 0 Å². The van der Waals surface area contributed by atoms with Gasteiger partial charge >= 0.3 is 0 Å². The Bertz CT molecular complexity index is 644. The lowest BCUT2D eigenvalue weighted by Crippen LogP contribution is -2.36. The molecule has 0 N–H and O–H groups in total. The lowest BCUT2D eigenvalue weighted by Gasteiger charge is -2.32. The molecule has 1 aromatic heterocycles. The van der Waals surface area contributed by atoms with Gasteiger partial charge in [0.25, 0.3) is 5.91 Å². The number of hydrogen-bond acceptors (Lipinski definition) is 2. The number of rotatable bonds is 6. The van der Waals surface area contributed by atoms with Crippen molar-refractivity contribution in [3.05, 3.63) is 53.9 Å². The van der Waals surface area contributed by atoms with Crippen LogP contribution in [-0.4, -0.2) is 27.1 Å². The first-order chi connectivity index (χ1) is 11.1. The molecule has 0 aliphatic heterocycles. The summed E-state index contributed by atoms with van der Waals surface area (Å²) < 4.78 is 1.84. The van der Waals surface area contributed by atoms with Gasteiger partial charge in [-0.2, -0.15) is 5.10 Å². The number of carbonyl (C=O) groups is 1. The van der Waals surface area contributed by atoms with Gasteiger partial charge in [-0.05, 0) is 38.2 Å². The van der Waals surface area contributed by atoms with Gasteiger partial charge in [0.15, 0.2) is 0 Å². The van der Waals surface area contributed by atoms with E-state index < -0.39 is 0 Å². The van der Waals surface area contributed by atoms with E-state index in [1.807, 2.05) is 34.0 Å². The maximum atomic E-state index is 12.9. The van der Waals surface area contributed by atoms with Gasteiger partial charge in [0.2, 0.25) is 0 Å². The second-order valence-electron chi connectivity index (χ2n) is 6.77. The summed E-state index contributed by atoms with van der Waals surface area (Å²) in [5.41, 5.74) is 1.87. The Morgan fingerprint density at radius 3 is 2.61 bits per heavy atom. The van der Waals surface area contributed by atoms with Crippen LogP contribution in [0.15, 0.2) is 42.7 Å². The normalized spacial score (nSPS) is 14.7. The van der Waals surface area contributed by atoms with E-state index in [4.69, 9.17) is 0 Å². The number of nitrogens with zero attached hydrogens (tertiary/aromatic N) is 3. The fourth-order valence-electron chi connectivity index (χ4n) is 2.92. The van der Waals surface area contributed by atoms with Crippen LogP contribution in [0.5, 0.6) is 0 Å². The molecule has 1 heterocycles. The minimum absolute atomic E-state index is 0.0904. The zero-order valence-corrected chi connectivity index (χ0v) is 14.0. The van der Waals surface area contributed by atoms with Crippen molar-refractivity contribution in [1.82, 2.24) is 14.7 Å². The number of hydrogen-bond donors (Lipinski definition) is 0. The molecule has 1 aromatic carbocycles. The zero-order chi connectivity index (χ0) is 16.2. The van der Waals surface area contributed by atoms with Gasteiger partial charge in [0.1, 0.15) is 0 Å². The lowest BCUT2D eigenvalue weighted by atomic mass is 9.85. The van der Waals surface area contributed by atoms with Gasteiger partial charge in [-0.3, -0.25) is 9.48 Å². The van der Waals surface area contributed by atoms with Crippen molar-refractivity contribution in [1.29, 1.82) is 0 Å². The Morgan fingerprint density at radius 2 is 2.04 bits per heavy atom. The second-order valence-corrected chi connectivity index (χ2v) is 6.77. The zero-order valence-electron chi connectivity index (χ0n) is 14.0. The van der Waals surface area contributed by atoms with Gasteiger partial charge in [0.05, 0.1) is 11.8 Å². The van der Waals surface area contributed by atoms with Crippen LogP contribution in [-0.2, 0) is 6.54 Å². The molecule has 0 saturated heterocycles. The Balaban J connectivity index is 1.76. The number of carbonyl (C=O) groups excluding carboxylic acids is 1. The first-order valence-corrected chi connectivity index (χ1v) is 8.51. The van der Waals surface area contributed by atoms with Crippen LogP contribution in [0.4, 0.5) is 0 Å². The Labute approximate surface area is 138 Å². The summed E-state index contributed by atoms with van der Waals surface area (Å²) in [6.07, 6.45) is 7.34. The van der Waals surface area contributed by atoms with E-state index in [1.54, 1.807) is 6.20 Å². The van der Waals surface area contributed by atoms with Crippen LogP contribution in [0.3, 0.4) is 0 Å². The predicted octanol–water partition coefficient (Wildman–Crippen LogP) is 3.91. The molecule has 0 spiro atoms. The molecular formula is C19H25N3O. The molecule has 4 nitrogen and oxygen atoms in total. The number of aromatic nitrogens is 2. The van der Waals surface area contributed by atoms with Crippen molar-refractivity contribution >= 4 is 5.91 Å². The molecule has 122 valence electrons. The third-order valence-corrected chi connectivity index (χ3v) is 4.58. The molecule has 23 heavy (non-hydrogen) atoms.